The minimum Gasteiger partial charge on any atom is -0.348 e. The van der Waals surface area contributed by atoms with Gasteiger partial charge in [0.2, 0.25) is 0 Å². The molecule has 29 heavy (non-hydrogen) atoms. The summed E-state index contributed by atoms with van der Waals surface area (Å²) >= 11 is 6.26. The van der Waals surface area contributed by atoms with Gasteiger partial charge in [0.25, 0.3) is 0 Å². The van der Waals surface area contributed by atoms with Crippen LogP contribution in [0.5, 0.6) is 0 Å². The fourth-order valence-corrected chi connectivity index (χ4v) is 6.12. The van der Waals surface area contributed by atoms with Gasteiger partial charge in [-0.25, -0.2) is 8.42 Å². The molecule has 0 unspecified atom stereocenters. The van der Waals surface area contributed by atoms with Crippen LogP contribution >= 0.6 is 11.6 Å². The van der Waals surface area contributed by atoms with E-state index in [1.54, 1.807) is 42.5 Å². The molecule has 2 fully saturated rings. The fraction of sp³-hybridized carbons (Fsp3) is 0.409. The Balaban J connectivity index is 1.45. The van der Waals surface area contributed by atoms with Gasteiger partial charge in [0.1, 0.15) is 0 Å². The van der Waals surface area contributed by atoms with Gasteiger partial charge >= 0.3 is 0 Å². The lowest BCUT2D eigenvalue weighted by Gasteiger charge is -2.35. The summed E-state index contributed by atoms with van der Waals surface area (Å²) in [4.78, 5) is 0.319. The molecule has 1 aliphatic carbocycles. The van der Waals surface area contributed by atoms with Gasteiger partial charge in [-0.3, -0.25) is 0 Å². The van der Waals surface area contributed by atoms with Crippen LogP contribution in [0.25, 0.3) is 11.1 Å². The Hall–Kier alpha value is -1.91. The van der Waals surface area contributed by atoms with E-state index in [1.165, 1.54) is 0 Å². The highest BCUT2D eigenvalue weighted by atomic mass is 35.5. The van der Waals surface area contributed by atoms with E-state index < -0.39 is 15.6 Å². The molecule has 0 bridgehead atoms. The van der Waals surface area contributed by atoms with Crippen molar-refractivity contribution in [1.29, 1.82) is 5.26 Å². The molecule has 1 spiro atoms. The molecule has 7 heteroatoms. The highest BCUT2D eigenvalue weighted by Crippen LogP contribution is 2.39. The molecule has 0 N–H and O–H groups in total. The zero-order valence-corrected chi connectivity index (χ0v) is 17.5. The quantitative estimate of drug-likeness (QED) is 0.707. The molecule has 2 aromatic rings. The Labute approximate surface area is 176 Å². The molecule has 0 aromatic heterocycles. The van der Waals surface area contributed by atoms with Crippen molar-refractivity contribution in [2.24, 2.45) is 5.92 Å². The fourth-order valence-electron chi connectivity index (χ4n) is 4.14. The van der Waals surface area contributed by atoms with Crippen molar-refractivity contribution in [3.63, 3.8) is 0 Å². The number of rotatable bonds is 4. The van der Waals surface area contributed by atoms with Crippen molar-refractivity contribution in [3.05, 3.63) is 53.1 Å². The Morgan fingerprint density at radius 2 is 1.72 bits per heavy atom. The largest absolute Gasteiger partial charge is 0.348 e. The van der Waals surface area contributed by atoms with Crippen molar-refractivity contribution in [1.82, 2.24) is 0 Å². The third kappa shape index (κ3) is 4.34. The summed E-state index contributed by atoms with van der Waals surface area (Å²) in [5.74, 6) is -0.214. The second-order valence-electron chi connectivity index (χ2n) is 7.66. The lowest BCUT2D eigenvalue weighted by atomic mass is 9.86. The van der Waals surface area contributed by atoms with Crippen molar-refractivity contribution in [2.75, 3.05) is 19.0 Å². The van der Waals surface area contributed by atoms with E-state index in [-0.39, 0.29) is 11.7 Å². The maximum atomic E-state index is 12.9. The molecule has 0 radical (unpaired) electrons. The van der Waals surface area contributed by atoms with Gasteiger partial charge < -0.3 is 9.47 Å². The average molecular weight is 432 g/mol. The number of nitrogens with zero attached hydrogens (tertiary/aromatic N) is 1. The molecule has 4 rings (SSSR count). The lowest BCUT2D eigenvalue weighted by Crippen LogP contribution is -2.36. The molecular weight excluding hydrogens is 410 g/mol. The van der Waals surface area contributed by atoms with E-state index in [2.05, 4.69) is 6.07 Å². The molecule has 1 heterocycles. The van der Waals surface area contributed by atoms with Crippen LogP contribution in [-0.2, 0) is 19.3 Å². The smallest absolute Gasteiger partial charge is 0.178 e. The van der Waals surface area contributed by atoms with Gasteiger partial charge in [-0.2, -0.15) is 5.26 Å². The molecule has 0 atom stereocenters. The number of benzene rings is 2. The van der Waals surface area contributed by atoms with Gasteiger partial charge in [-0.05, 0) is 48.6 Å². The maximum Gasteiger partial charge on any atom is 0.178 e. The van der Waals surface area contributed by atoms with Crippen LogP contribution in [0.4, 0.5) is 0 Å². The van der Waals surface area contributed by atoms with E-state index in [0.29, 0.717) is 28.7 Å². The number of hydrogen-bond donors (Lipinski definition) is 0. The van der Waals surface area contributed by atoms with Crippen LogP contribution in [0.3, 0.4) is 0 Å². The zero-order valence-electron chi connectivity index (χ0n) is 15.9. The first-order valence-corrected chi connectivity index (χ1v) is 11.7. The first kappa shape index (κ1) is 20.4. The normalized spacial score (nSPS) is 19.3. The second-order valence-corrected chi connectivity index (χ2v) is 10.1. The summed E-state index contributed by atoms with van der Waals surface area (Å²) in [6.45, 7) is 1.25. The Bertz CT molecular complexity index is 1030. The average Bonchev–Trinajstić information content (AvgIpc) is 3.18. The van der Waals surface area contributed by atoms with Crippen molar-refractivity contribution < 1.29 is 17.9 Å². The lowest BCUT2D eigenvalue weighted by molar-refractivity contribution is -0.181. The molecular formula is C22H22ClNO4S. The summed E-state index contributed by atoms with van der Waals surface area (Å²) in [5.41, 5.74) is 2.07. The highest BCUT2D eigenvalue weighted by molar-refractivity contribution is 7.91. The topological polar surface area (TPSA) is 76.4 Å². The van der Waals surface area contributed by atoms with Crippen molar-refractivity contribution >= 4 is 21.4 Å². The van der Waals surface area contributed by atoms with Gasteiger partial charge in [0, 0.05) is 23.4 Å². The van der Waals surface area contributed by atoms with Gasteiger partial charge in [-0.15, -0.1) is 0 Å². The molecule has 152 valence electrons. The summed E-state index contributed by atoms with van der Waals surface area (Å²) in [6, 6.07) is 13.9. The summed E-state index contributed by atoms with van der Waals surface area (Å²) < 4.78 is 37.2. The van der Waals surface area contributed by atoms with Gasteiger partial charge in [0.05, 0.1) is 35.5 Å². The molecule has 1 saturated carbocycles. The van der Waals surface area contributed by atoms with E-state index in [1.807, 2.05) is 0 Å². The number of halogens is 1. The predicted octanol–water partition coefficient (Wildman–Crippen LogP) is 4.59. The molecule has 0 amide bonds. The van der Waals surface area contributed by atoms with Crippen LogP contribution in [0.15, 0.2) is 47.4 Å². The predicted molar refractivity (Wildman–Crippen MR) is 110 cm³/mol. The third-order valence-corrected chi connectivity index (χ3v) is 7.97. The van der Waals surface area contributed by atoms with Crippen LogP contribution < -0.4 is 0 Å². The molecule has 2 aromatic carbocycles. The first-order chi connectivity index (χ1) is 13.9. The maximum absolute atomic E-state index is 12.9. The zero-order chi connectivity index (χ0) is 20.5. The standard InChI is InChI=1S/C22H22ClNO4S/c23-21-13-17(14-24)1-6-20(21)18-2-4-19(5-3-18)29(25,26)15-16-7-9-22(10-8-16)27-11-12-28-22/h1-6,13,16H,7-12,15H2. The van der Waals surface area contributed by atoms with E-state index >= 15 is 0 Å². The second kappa shape index (κ2) is 8.08. The molecule has 1 aliphatic heterocycles. The Morgan fingerprint density at radius 3 is 2.31 bits per heavy atom. The molecule has 1 saturated heterocycles. The Morgan fingerprint density at radius 1 is 1.07 bits per heavy atom. The highest BCUT2D eigenvalue weighted by Gasteiger charge is 2.41. The van der Waals surface area contributed by atoms with E-state index in [0.717, 1.165) is 36.8 Å². The first-order valence-electron chi connectivity index (χ1n) is 9.72. The van der Waals surface area contributed by atoms with Crippen LogP contribution in [0, 0.1) is 17.2 Å². The third-order valence-electron chi connectivity index (χ3n) is 5.76. The summed E-state index contributed by atoms with van der Waals surface area (Å²) in [6.07, 6.45) is 3.09. The van der Waals surface area contributed by atoms with Gasteiger partial charge in [0.15, 0.2) is 15.6 Å². The SMILES string of the molecule is N#Cc1ccc(-c2ccc(S(=O)(=O)CC3CCC4(CC3)OCCO4)cc2)c(Cl)c1. The number of nitriles is 1. The monoisotopic (exact) mass is 431 g/mol. The van der Waals surface area contributed by atoms with Crippen molar-refractivity contribution in [2.45, 2.75) is 36.4 Å². The number of sulfone groups is 1. The number of hydrogen-bond acceptors (Lipinski definition) is 5. The Kier molecular flexibility index (Phi) is 5.67. The van der Waals surface area contributed by atoms with E-state index in [9.17, 15) is 8.42 Å². The molecule has 5 nitrogen and oxygen atoms in total. The minimum absolute atomic E-state index is 0.117. The number of ether oxygens (including phenoxy) is 2. The van der Waals surface area contributed by atoms with Crippen LogP contribution in [-0.4, -0.2) is 33.2 Å². The summed E-state index contributed by atoms with van der Waals surface area (Å²) in [5, 5.41) is 9.42. The van der Waals surface area contributed by atoms with Crippen LogP contribution in [0.2, 0.25) is 5.02 Å². The van der Waals surface area contributed by atoms with E-state index in [4.69, 9.17) is 26.3 Å². The van der Waals surface area contributed by atoms with Gasteiger partial charge in [-0.1, -0.05) is 29.8 Å². The summed E-state index contributed by atoms with van der Waals surface area (Å²) in [7, 11) is -3.37. The molecule has 2 aliphatic rings. The van der Waals surface area contributed by atoms with Crippen molar-refractivity contribution in [3.8, 4) is 17.2 Å². The minimum atomic E-state index is -3.37. The van der Waals surface area contributed by atoms with Crippen LogP contribution in [0.1, 0.15) is 31.2 Å².